The molecule has 1 rings (SSSR count). The molecule has 0 bridgehead atoms. The van der Waals surface area contributed by atoms with Crippen molar-refractivity contribution in [1.29, 1.82) is 0 Å². The van der Waals surface area contributed by atoms with Crippen LogP contribution in [0.25, 0.3) is 0 Å². The lowest BCUT2D eigenvalue weighted by Crippen LogP contribution is -2.11. The van der Waals surface area contributed by atoms with Crippen LogP contribution in [0, 0.1) is 5.92 Å². The Morgan fingerprint density at radius 2 is 1.89 bits per heavy atom. The highest BCUT2D eigenvalue weighted by molar-refractivity contribution is 5.39. The first-order chi connectivity index (χ1) is 8.54. The van der Waals surface area contributed by atoms with Crippen molar-refractivity contribution < 1.29 is 4.74 Å². The Morgan fingerprint density at radius 3 is 2.44 bits per heavy atom. The molecule has 0 saturated heterocycles. The van der Waals surface area contributed by atoms with Crippen LogP contribution in [-0.2, 0) is 6.42 Å². The van der Waals surface area contributed by atoms with Gasteiger partial charge in [-0.1, -0.05) is 39.8 Å². The molecule has 0 radical (unpaired) electrons. The van der Waals surface area contributed by atoms with Crippen LogP contribution in [-0.4, -0.2) is 20.2 Å². The van der Waals surface area contributed by atoms with Gasteiger partial charge in [-0.05, 0) is 49.0 Å². The van der Waals surface area contributed by atoms with Gasteiger partial charge in [0, 0.05) is 0 Å². The van der Waals surface area contributed by atoms with Gasteiger partial charge in [-0.25, -0.2) is 0 Å². The second kappa shape index (κ2) is 7.42. The Hall–Kier alpha value is -1.02. The van der Waals surface area contributed by atoms with E-state index in [2.05, 4.69) is 51.2 Å². The third-order valence-electron chi connectivity index (χ3n) is 2.93. The molecule has 1 aromatic carbocycles. The maximum absolute atomic E-state index is 5.90. The molecule has 0 aliphatic carbocycles. The molecule has 18 heavy (non-hydrogen) atoms. The van der Waals surface area contributed by atoms with Crippen LogP contribution < -0.4 is 10.1 Å². The third kappa shape index (κ3) is 4.69. The number of hydrogen-bond donors (Lipinski definition) is 1. The second-order valence-electron chi connectivity index (χ2n) is 5.59. The summed E-state index contributed by atoms with van der Waals surface area (Å²) >= 11 is 0. The van der Waals surface area contributed by atoms with Crippen LogP contribution in [0.15, 0.2) is 18.2 Å². The normalized spacial score (nSPS) is 11.3. The average Bonchev–Trinajstić information content (AvgIpc) is 2.34. The maximum Gasteiger partial charge on any atom is 0.122 e. The van der Waals surface area contributed by atoms with E-state index in [1.165, 1.54) is 11.1 Å². The van der Waals surface area contributed by atoms with Gasteiger partial charge in [0.1, 0.15) is 5.75 Å². The second-order valence-corrected chi connectivity index (χ2v) is 5.59. The van der Waals surface area contributed by atoms with Crippen LogP contribution in [0.2, 0.25) is 0 Å². The van der Waals surface area contributed by atoms with E-state index in [0.29, 0.717) is 11.8 Å². The fraction of sp³-hybridized carbons (Fsp3) is 0.625. The smallest absolute Gasteiger partial charge is 0.122 e. The van der Waals surface area contributed by atoms with Gasteiger partial charge in [0.15, 0.2) is 0 Å². The molecule has 0 amide bonds. The van der Waals surface area contributed by atoms with Crippen LogP contribution in [0.4, 0.5) is 0 Å². The van der Waals surface area contributed by atoms with Gasteiger partial charge in [0.2, 0.25) is 0 Å². The molecule has 1 aromatic rings. The maximum atomic E-state index is 5.90. The Balaban J connectivity index is 2.83. The van der Waals surface area contributed by atoms with Crippen molar-refractivity contribution in [3.8, 4) is 5.75 Å². The molecule has 0 fully saturated rings. The van der Waals surface area contributed by atoms with E-state index in [1.54, 1.807) is 0 Å². The molecule has 0 atom stereocenters. The summed E-state index contributed by atoms with van der Waals surface area (Å²) in [6, 6.07) is 6.60. The topological polar surface area (TPSA) is 21.3 Å². The summed E-state index contributed by atoms with van der Waals surface area (Å²) in [5.41, 5.74) is 2.70. The van der Waals surface area contributed by atoms with E-state index in [-0.39, 0.29) is 0 Å². The average molecular weight is 249 g/mol. The van der Waals surface area contributed by atoms with Crippen molar-refractivity contribution in [3.63, 3.8) is 0 Å². The fourth-order valence-electron chi connectivity index (χ4n) is 1.86. The molecule has 0 saturated carbocycles. The predicted molar refractivity (Wildman–Crippen MR) is 78.5 cm³/mol. The first-order valence-electron chi connectivity index (χ1n) is 6.94. The first-order valence-corrected chi connectivity index (χ1v) is 6.94. The van der Waals surface area contributed by atoms with Gasteiger partial charge in [0.25, 0.3) is 0 Å². The molecule has 0 aliphatic heterocycles. The molecular weight excluding hydrogens is 222 g/mol. The first kappa shape index (κ1) is 15.0. The Bertz CT molecular complexity index is 358. The fourth-order valence-corrected chi connectivity index (χ4v) is 1.86. The summed E-state index contributed by atoms with van der Waals surface area (Å²) in [6.07, 6.45) is 1.07. The van der Waals surface area contributed by atoms with Crippen molar-refractivity contribution in [2.75, 3.05) is 20.2 Å². The van der Waals surface area contributed by atoms with Crippen molar-refractivity contribution in [2.45, 2.75) is 40.0 Å². The summed E-state index contributed by atoms with van der Waals surface area (Å²) in [6.45, 7) is 10.6. The summed E-state index contributed by atoms with van der Waals surface area (Å²) in [5, 5.41) is 3.19. The zero-order chi connectivity index (χ0) is 13.5. The van der Waals surface area contributed by atoms with E-state index in [9.17, 15) is 0 Å². The zero-order valence-corrected chi connectivity index (χ0v) is 12.4. The van der Waals surface area contributed by atoms with Crippen LogP contribution in [0.3, 0.4) is 0 Å². The number of ether oxygens (including phenoxy) is 1. The van der Waals surface area contributed by atoms with Gasteiger partial charge in [-0.2, -0.15) is 0 Å². The lowest BCUT2D eigenvalue weighted by atomic mass is 9.98. The molecule has 0 aliphatic rings. The summed E-state index contributed by atoms with van der Waals surface area (Å²) < 4.78 is 5.90. The third-order valence-corrected chi connectivity index (χ3v) is 2.93. The minimum absolute atomic E-state index is 0.502. The van der Waals surface area contributed by atoms with Crippen LogP contribution >= 0.6 is 0 Å². The minimum Gasteiger partial charge on any atom is -0.493 e. The summed E-state index contributed by atoms with van der Waals surface area (Å²) in [7, 11) is 1.99. The largest absolute Gasteiger partial charge is 0.493 e. The Kier molecular flexibility index (Phi) is 6.20. The highest BCUT2D eigenvalue weighted by atomic mass is 16.5. The van der Waals surface area contributed by atoms with Crippen molar-refractivity contribution in [2.24, 2.45) is 5.92 Å². The van der Waals surface area contributed by atoms with Crippen LogP contribution in [0.5, 0.6) is 5.75 Å². The van der Waals surface area contributed by atoms with Gasteiger partial charge >= 0.3 is 0 Å². The predicted octanol–water partition coefficient (Wildman–Crippen LogP) is 3.61. The lowest BCUT2D eigenvalue weighted by molar-refractivity contribution is 0.267. The Labute approximate surface area is 112 Å². The quantitative estimate of drug-likeness (QED) is 0.797. The molecule has 2 heteroatoms. The SMILES string of the molecule is CNCCc1ccc(OCC(C)C)c(C(C)C)c1. The summed E-state index contributed by atoms with van der Waals surface area (Å²) in [5.74, 6) is 2.11. The van der Waals surface area contributed by atoms with Crippen LogP contribution in [0.1, 0.15) is 44.7 Å². The molecule has 0 aromatic heterocycles. The highest BCUT2D eigenvalue weighted by Crippen LogP contribution is 2.28. The molecule has 0 spiro atoms. The molecule has 1 N–H and O–H groups in total. The summed E-state index contributed by atoms with van der Waals surface area (Å²) in [4.78, 5) is 0. The molecular formula is C16H27NO. The van der Waals surface area contributed by atoms with E-state index in [0.717, 1.165) is 25.3 Å². The van der Waals surface area contributed by atoms with E-state index >= 15 is 0 Å². The lowest BCUT2D eigenvalue weighted by Gasteiger charge is -2.17. The molecule has 0 heterocycles. The van der Waals surface area contributed by atoms with Gasteiger partial charge in [0.05, 0.1) is 6.61 Å². The minimum atomic E-state index is 0.502. The van der Waals surface area contributed by atoms with E-state index in [1.807, 2.05) is 7.05 Å². The zero-order valence-electron chi connectivity index (χ0n) is 12.4. The van der Waals surface area contributed by atoms with Gasteiger partial charge in [-0.3, -0.25) is 0 Å². The standard InChI is InChI=1S/C16H27NO/c1-12(2)11-18-16-7-6-14(8-9-17-5)10-15(16)13(3)4/h6-7,10,12-13,17H,8-9,11H2,1-5H3. The monoisotopic (exact) mass is 249 g/mol. The number of benzene rings is 1. The van der Waals surface area contributed by atoms with Gasteiger partial charge < -0.3 is 10.1 Å². The van der Waals surface area contributed by atoms with Crippen molar-refractivity contribution >= 4 is 0 Å². The highest BCUT2D eigenvalue weighted by Gasteiger charge is 2.09. The number of nitrogens with one attached hydrogen (secondary N) is 1. The Morgan fingerprint density at radius 1 is 1.17 bits per heavy atom. The number of rotatable bonds is 7. The van der Waals surface area contributed by atoms with Gasteiger partial charge in [-0.15, -0.1) is 0 Å². The number of likely N-dealkylation sites (N-methyl/N-ethyl adjacent to an activating group) is 1. The molecule has 0 unspecified atom stereocenters. The van der Waals surface area contributed by atoms with Crippen molar-refractivity contribution in [1.82, 2.24) is 5.32 Å². The van der Waals surface area contributed by atoms with E-state index in [4.69, 9.17) is 4.74 Å². The van der Waals surface area contributed by atoms with E-state index < -0.39 is 0 Å². The number of hydrogen-bond acceptors (Lipinski definition) is 2. The molecule has 102 valence electrons. The van der Waals surface area contributed by atoms with Crippen molar-refractivity contribution in [3.05, 3.63) is 29.3 Å². The molecule has 2 nitrogen and oxygen atoms in total.